The molecule has 0 spiro atoms. The summed E-state index contributed by atoms with van der Waals surface area (Å²) in [5.74, 6) is -0.246. The molecule has 0 saturated heterocycles. The Morgan fingerprint density at radius 3 is 2.74 bits per heavy atom. The minimum absolute atomic E-state index is 0.0334. The Hall–Kier alpha value is -1.85. The number of amides is 1. The third-order valence-electron chi connectivity index (χ3n) is 2.69. The standard InChI is InChI=1S/C13H15F2NO3/c1-2-3-4-5-12(17)16-9-6-7-10-11(8-9)19-13(14,15)18-10/h6-8H,2-5H2,1H3,(H,16,17). The largest absolute Gasteiger partial charge is 0.586 e. The Labute approximate surface area is 109 Å². The average molecular weight is 271 g/mol. The second-order valence-electron chi connectivity index (χ2n) is 4.33. The number of rotatable bonds is 5. The Morgan fingerprint density at radius 1 is 1.26 bits per heavy atom. The summed E-state index contributed by atoms with van der Waals surface area (Å²) in [5, 5.41) is 2.64. The average Bonchev–Trinajstić information content (AvgIpc) is 2.62. The molecular weight excluding hydrogens is 256 g/mol. The Kier molecular flexibility index (Phi) is 3.87. The van der Waals surface area contributed by atoms with Gasteiger partial charge in [0.05, 0.1) is 0 Å². The zero-order chi connectivity index (χ0) is 13.9. The van der Waals surface area contributed by atoms with Crippen molar-refractivity contribution in [3.63, 3.8) is 0 Å². The van der Waals surface area contributed by atoms with Gasteiger partial charge < -0.3 is 14.8 Å². The van der Waals surface area contributed by atoms with Crippen LogP contribution in [0.5, 0.6) is 11.5 Å². The van der Waals surface area contributed by atoms with Crippen molar-refractivity contribution in [1.82, 2.24) is 0 Å². The fourth-order valence-corrected chi connectivity index (χ4v) is 1.79. The van der Waals surface area contributed by atoms with Gasteiger partial charge in [-0.05, 0) is 18.6 Å². The molecule has 1 N–H and O–H groups in total. The van der Waals surface area contributed by atoms with Gasteiger partial charge in [0, 0.05) is 18.2 Å². The van der Waals surface area contributed by atoms with E-state index in [0.29, 0.717) is 12.1 Å². The van der Waals surface area contributed by atoms with Gasteiger partial charge in [0.15, 0.2) is 11.5 Å². The minimum atomic E-state index is -3.63. The SMILES string of the molecule is CCCCCC(=O)Nc1ccc2c(c1)OC(F)(F)O2. The van der Waals surface area contributed by atoms with Gasteiger partial charge in [-0.15, -0.1) is 8.78 Å². The maximum absolute atomic E-state index is 12.8. The van der Waals surface area contributed by atoms with Crippen LogP contribution in [0.15, 0.2) is 18.2 Å². The van der Waals surface area contributed by atoms with Gasteiger partial charge in [0.2, 0.25) is 5.91 Å². The first-order valence-corrected chi connectivity index (χ1v) is 6.20. The number of nitrogens with one attached hydrogen (secondary N) is 1. The highest BCUT2D eigenvalue weighted by Crippen LogP contribution is 2.42. The zero-order valence-corrected chi connectivity index (χ0v) is 10.5. The van der Waals surface area contributed by atoms with Crippen LogP contribution >= 0.6 is 0 Å². The molecule has 1 aromatic rings. The molecule has 0 aromatic heterocycles. The summed E-state index contributed by atoms with van der Waals surface area (Å²) in [4.78, 5) is 11.6. The highest BCUT2D eigenvalue weighted by atomic mass is 19.3. The maximum atomic E-state index is 12.8. The van der Waals surface area contributed by atoms with Crippen LogP contribution < -0.4 is 14.8 Å². The van der Waals surface area contributed by atoms with Crippen LogP contribution in [-0.2, 0) is 4.79 Å². The lowest BCUT2D eigenvalue weighted by Gasteiger charge is -2.05. The van der Waals surface area contributed by atoms with Crippen LogP contribution in [0, 0.1) is 0 Å². The Balaban J connectivity index is 1.95. The lowest BCUT2D eigenvalue weighted by Crippen LogP contribution is -2.25. The van der Waals surface area contributed by atoms with Crippen LogP contribution in [0.25, 0.3) is 0 Å². The number of hydrogen-bond donors (Lipinski definition) is 1. The molecule has 0 unspecified atom stereocenters. The van der Waals surface area contributed by atoms with Crippen molar-refractivity contribution in [3.05, 3.63) is 18.2 Å². The van der Waals surface area contributed by atoms with Crippen molar-refractivity contribution in [2.45, 2.75) is 38.9 Å². The predicted molar refractivity (Wildman–Crippen MR) is 65.4 cm³/mol. The highest BCUT2D eigenvalue weighted by molar-refractivity contribution is 5.91. The van der Waals surface area contributed by atoms with Gasteiger partial charge >= 0.3 is 6.29 Å². The quantitative estimate of drug-likeness (QED) is 0.833. The molecule has 2 rings (SSSR count). The van der Waals surface area contributed by atoms with Crippen LogP contribution in [0.2, 0.25) is 0 Å². The molecule has 1 amide bonds. The second-order valence-corrected chi connectivity index (χ2v) is 4.33. The molecule has 4 nitrogen and oxygen atoms in total. The van der Waals surface area contributed by atoms with Crippen molar-refractivity contribution in [2.75, 3.05) is 5.32 Å². The zero-order valence-electron chi connectivity index (χ0n) is 10.5. The van der Waals surface area contributed by atoms with E-state index in [1.54, 1.807) is 0 Å². The number of anilines is 1. The highest BCUT2D eigenvalue weighted by Gasteiger charge is 2.43. The lowest BCUT2D eigenvalue weighted by molar-refractivity contribution is -0.286. The first kappa shape index (κ1) is 13.6. The molecule has 0 radical (unpaired) electrons. The summed E-state index contributed by atoms with van der Waals surface area (Å²) in [6.07, 6.45) is -0.386. The first-order chi connectivity index (χ1) is 9.00. The number of hydrogen-bond acceptors (Lipinski definition) is 3. The molecule has 0 saturated carbocycles. The fourth-order valence-electron chi connectivity index (χ4n) is 1.79. The minimum Gasteiger partial charge on any atom is -0.395 e. The number of alkyl halides is 2. The van der Waals surface area contributed by atoms with Crippen LogP contribution in [-0.4, -0.2) is 12.2 Å². The monoisotopic (exact) mass is 271 g/mol. The van der Waals surface area contributed by atoms with E-state index in [2.05, 4.69) is 21.7 Å². The Morgan fingerprint density at radius 2 is 2.00 bits per heavy atom. The van der Waals surface area contributed by atoms with Gasteiger partial charge in [-0.2, -0.15) is 0 Å². The predicted octanol–water partition coefficient (Wildman–Crippen LogP) is 3.53. The topological polar surface area (TPSA) is 47.6 Å². The molecule has 1 aliphatic rings. The van der Waals surface area contributed by atoms with E-state index >= 15 is 0 Å². The van der Waals surface area contributed by atoms with E-state index in [1.165, 1.54) is 18.2 Å². The van der Waals surface area contributed by atoms with E-state index in [4.69, 9.17) is 0 Å². The maximum Gasteiger partial charge on any atom is 0.586 e. The molecule has 0 bridgehead atoms. The van der Waals surface area contributed by atoms with Crippen LogP contribution in [0.3, 0.4) is 0 Å². The fraction of sp³-hybridized carbons (Fsp3) is 0.462. The van der Waals surface area contributed by atoms with E-state index in [9.17, 15) is 13.6 Å². The van der Waals surface area contributed by atoms with Crippen molar-refractivity contribution in [3.8, 4) is 11.5 Å². The van der Waals surface area contributed by atoms with E-state index in [0.717, 1.165) is 19.3 Å². The molecule has 0 aliphatic carbocycles. The number of ether oxygens (including phenoxy) is 2. The molecule has 0 fully saturated rings. The van der Waals surface area contributed by atoms with Crippen LogP contribution in [0.1, 0.15) is 32.6 Å². The van der Waals surface area contributed by atoms with Crippen molar-refractivity contribution in [1.29, 1.82) is 0 Å². The molecule has 0 atom stereocenters. The lowest BCUT2D eigenvalue weighted by atomic mass is 10.2. The van der Waals surface area contributed by atoms with E-state index in [-0.39, 0.29) is 17.4 Å². The molecular formula is C13H15F2NO3. The van der Waals surface area contributed by atoms with Gasteiger partial charge in [0.1, 0.15) is 0 Å². The molecule has 1 aliphatic heterocycles. The Bertz CT molecular complexity index is 477. The third-order valence-corrected chi connectivity index (χ3v) is 2.69. The number of unbranched alkanes of at least 4 members (excludes halogenated alkanes) is 2. The van der Waals surface area contributed by atoms with E-state index in [1.807, 2.05) is 0 Å². The number of benzene rings is 1. The third kappa shape index (κ3) is 3.56. The molecule has 6 heteroatoms. The summed E-state index contributed by atoms with van der Waals surface area (Å²) in [5.41, 5.74) is 0.418. The van der Waals surface area contributed by atoms with Gasteiger partial charge in [-0.1, -0.05) is 19.8 Å². The summed E-state index contributed by atoms with van der Waals surface area (Å²) in [6.45, 7) is 2.05. The number of carbonyl (C=O) groups is 1. The second kappa shape index (κ2) is 5.42. The molecule has 104 valence electrons. The summed E-state index contributed by atoms with van der Waals surface area (Å²) in [7, 11) is 0. The molecule has 19 heavy (non-hydrogen) atoms. The normalized spacial score (nSPS) is 15.3. The molecule has 1 heterocycles. The van der Waals surface area contributed by atoms with E-state index < -0.39 is 6.29 Å². The number of carbonyl (C=O) groups excluding carboxylic acids is 1. The molecule has 1 aromatic carbocycles. The van der Waals surface area contributed by atoms with Crippen molar-refractivity contribution >= 4 is 11.6 Å². The van der Waals surface area contributed by atoms with Crippen molar-refractivity contribution in [2.24, 2.45) is 0 Å². The summed E-state index contributed by atoms with van der Waals surface area (Å²) >= 11 is 0. The van der Waals surface area contributed by atoms with Gasteiger partial charge in [-0.3, -0.25) is 4.79 Å². The smallest absolute Gasteiger partial charge is 0.395 e. The number of fused-ring (bicyclic) bond motifs is 1. The number of halogens is 2. The first-order valence-electron chi connectivity index (χ1n) is 6.20. The van der Waals surface area contributed by atoms with Crippen molar-refractivity contribution < 1.29 is 23.0 Å². The van der Waals surface area contributed by atoms with Gasteiger partial charge in [0.25, 0.3) is 0 Å². The van der Waals surface area contributed by atoms with Gasteiger partial charge in [-0.25, -0.2) is 0 Å². The summed E-state index contributed by atoms with van der Waals surface area (Å²) < 4.78 is 34.2. The van der Waals surface area contributed by atoms with Crippen LogP contribution in [0.4, 0.5) is 14.5 Å². The summed E-state index contributed by atoms with van der Waals surface area (Å²) in [6, 6.07) is 4.17.